The molecule has 0 bridgehead atoms. The zero-order chi connectivity index (χ0) is 16.9. The van der Waals surface area contributed by atoms with Crippen LogP contribution in [0.2, 0.25) is 0 Å². The van der Waals surface area contributed by atoms with Crippen molar-refractivity contribution in [3.8, 4) is 16.9 Å². The number of hydrogen-bond acceptors (Lipinski definition) is 2. The Bertz CT molecular complexity index is 839. The zero-order valence-electron chi connectivity index (χ0n) is 13.5. The number of nitrogens with one attached hydrogen (secondary N) is 1. The van der Waals surface area contributed by atoms with E-state index in [1.54, 1.807) is 24.3 Å². The molecule has 0 saturated heterocycles. The normalized spacial score (nSPS) is 10.4. The van der Waals surface area contributed by atoms with E-state index < -0.39 is 0 Å². The first kappa shape index (κ1) is 15.8. The lowest BCUT2D eigenvalue weighted by atomic mass is 10.0. The number of carbonyl (C=O) groups excluding carboxylic acids is 1. The van der Waals surface area contributed by atoms with Gasteiger partial charge >= 0.3 is 0 Å². The molecule has 3 nitrogen and oxygen atoms in total. The quantitative estimate of drug-likeness (QED) is 0.674. The van der Waals surface area contributed by atoms with Crippen LogP contribution < -0.4 is 5.32 Å². The monoisotopic (exact) mass is 317 g/mol. The summed E-state index contributed by atoms with van der Waals surface area (Å²) in [4.78, 5) is 12.4. The largest absolute Gasteiger partial charge is 0.506 e. The minimum Gasteiger partial charge on any atom is -0.506 e. The molecule has 0 atom stereocenters. The molecule has 0 unspecified atom stereocenters. The van der Waals surface area contributed by atoms with Crippen LogP contribution in [0.15, 0.2) is 72.8 Å². The topological polar surface area (TPSA) is 49.3 Å². The van der Waals surface area contributed by atoms with Crippen molar-refractivity contribution in [1.29, 1.82) is 0 Å². The Balaban J connectivity index is 1.85. The third-order valence-corrected chi connectivity index (χ3v) is 3.98. The van der Waals surface area contributed by atoms with Crippen molar-refractivity contribution < 1.29 is 9.90 Å². The summed E-state index contributed by atoms with van der Waals surface area (Å²) < 4.78 is 0. The molecule has 3 aromatic carbocycles. The molecule has 0 aromatic heterocycles. The molecule has 24 heavy (non-hydrogen) atoms. The summed E-state index contributed by atoms with van der Waals surface area (Å²) in [7, 11) is 0. The van der Waals surface area contributed by atoms with Crippen LogP contribution in [0.1, 0.15) is 22.8 Å². The van der Waals surface area contributed by atoms with E-state index in [9.17, 15) is 9.90 Å². The summed E-state index contributed by atoms with van der Waals surface area (Å²) >= 11 is 0. The Kier molecular flexibility index (Phi) is 4.62. The van der Waals surface area contributed by atoms with Gasteiger partial charge < -0.3 is 10.4 Å². The number of phenols is 1. The molecule has 2 N–H and O–H groups in total. The summed E-state index contributed by atoms with van der Waals surface area (Å²) in [6.07, 6.45) is 0.932. The fraction of sp³-hybridized carbons (Fsp3) is 0.0952. The third-order valence-electron chi connectivity index (χ3n) is 3.98. The molecule has 0 spiro atoms. The maximum absolute atomic E-state index is 12.4. The van der Waals surface area contributed by atoms with Crippen LogP contribution in [-0.4, -0.2) is 11.0 Å². The fourth-order valence-corrected chi connectivity index (χ4v) is 2.53. The summed E-state index contributed by atoms with van der Waals surface area (Å²) in [5.41, 5.74) is 4.11. The molecule has 0 radical (unpaired) electrons. The number of phenolic OH excluding ortho intramolecular Hbond substituents is 1. The highest BCUT2D eigenvalue weighted by Gasteiger charge is 2.10. The van der Waals surface area contributed by atoms with Crippen LogP contribution in [0.3, 0.4) is 0 Å². The number of aryl methyl sites for hydroxylation is 1. The van der Waals surface area contributed by atoms with Crippen molar-refractivity contribution in [2.24, 2.45) is 0 Å². The Morgan fingerprint density at radius 3 is 2.29 bits per heavy atom. The zero-order valence-corrected chi connectivity index (χ0v) is 13.5. The van der Waals surface area contributed by atoms with Crippen molar-refractivity contribution in [2.75, 3.05) is 5.32 Å². The second kappa shape index (κ2) is 7.01. The average Bonchev–Trinajstić information content (AvgIpc) is 2.64. The van der Waals surface area contributed by atoms with Crippen LogP contribution in [0.5, 0.6) is 5.75 Å². The number of hydrogen-bond donors (Lipinski definition) is 2. The molecular weight excluding hydrogens is 298 g/mol. The molecule has 0 aliphatic carbocycles. The third kappa shape index (κ3) is 3.46. The van der Waals surface area contributed by atoms with Gasteiger partial charge in [-0.05, 0) is 47.4 Å². The van der Waals surface area contributed by atoms with Gasteiger partial charge in [0.15, 0.2) is 0 Å². The van der Waals surface area contributed by atoms with Gasteiger partial charge in [-0.15, -0.1) is 0 Å². The fourth-order valence-electron chi connectivity index (χ4n) is 2.53. The summed E-state index contributed by atoms with van der Waals surface area (Å²) in [6.45, 7) is 2.07. The first-order valence-electron chi connectivity index (χ1n) is 7.96. The SMILES string of the molecule is CCc1ccc(C(=O)Nc2cc(-c3ccccc3)ccc2O)cc1. The van der Waals surface area contributed by atoms with Crippen LogP contribution in [0, 0.1) is 0 Å². The molecule has 3 heteroatoms. The minimum atomic E-state index is -0.238. The molecule has 1 amide bonds. The lowest BCUT2D eigenvalue weighted by molar-refractivity contribution is 0.102. The van der Waals surface area contributed by atoms with Gasteiger partial charge in [-0.1, -0.05) is 55.5 Å². The lowest BCUT2D eigenvalue weighted by Gasteiger charge is -2.10. The Morgan fingerprint density at radius 1 is 0.917 bits per heavy atom. The highest BCUT2D eigenvalue weighted by Crippen LogP contribution is 2.30. The van der Waals surface area contributed by atoms with Gasteiger partial charge in [0.25, 0.3) is 5.91 Å². The molecule has 0 aliphatic rings. The Hall–Kier alpha value is -3.07. The van der Waals surface area contributed by atoms with E-state index in [4.69, 9.17) is 0 Å². The number of amides is 1. The van der Waals surface area contributed by atoms with E-state index in [0.29, 0.717) is 11.3 Å². The maximum atomic E-state index is 12.4. The minimum absolute atomic E-state index is 0.0493. The number of rotatable bonds is 4. The van der Waals surface area contributed by atoms with Crippen LogP contribution in [0.25, 0.3) is 11.1 Å². The van der Waals surface area contributed by atoms with Gasteiger partial charge in [-0.2, -0.15) is 0 Å². The maximum Gasteiger partial charge on any atom is 0.255 e. The van der Waals surface area contributed by atoms with Crippen LogP contribution in [0.4, 0.5) is 5.69 Å². The van der Waals surface area contributed by atoms with E-state index >= 15 is 0 Å². The number of anilines is 1. The van der Waals surface area contributed by atoms with Crippen molar-refractivity contribution in [3.05, 3.63) is 83.9 Å². The number of benzene rings is 3. The van der Waals surface area contributed by atoms with Gasteiger partial charge in [0.05, 0.1) is 5.69 Å². The van der Waals surface area contributed by atoms with Gasteiger partial charge in [0.2, 0.25) is 0 Å². The van der Waals surface area contributed by atoms with Gasteiger partial charge in [0.1, 0.15) is 5.75 Å². The highest BCUT2D eigenvalue weighted by atomic mass is 16.3. The van der Waals surface area contributed by atoms with Crippen molar-refractivity contribution >= 4 is 11.6 Å². The first-order chi connectivity index (χ1) is 11.7. The van der Waals surface area contributed by atoms with Gasteiger partial charge in [-0.3, -0.25) is 4.79 Å². The predicted octanol–water partition coefficient (Wildman–Crippen LogP) is 4.87. The molecule has 120 valence electrons. The molecule has 0 heterocycles. The second-order valence-electron chi connectivity index (χ2n) is 5.60. The average molecular weight is 317 g/mol. The summed E-state index contributed by atoms with van der Waals surface area (Å²) in [5.74, 6) is -0.189. The standard InChI is InChI=1S/C21H19NO2/c1-2-15-8-10-17(11-9-15)21(24)22-19-14-18(12-13-20(19)23)16-6-4-3-5-7-16/h3-14,23H,2H2,1H3,(H,22,24). The Labute approximate surface area is 141 Å². The summed E-state index contributed by atoms with van der Waals surface area (Å²) in [6, 6.07) is 22.5. The van der Waals surface area contributed by atoms with E-state index in [1.165, 1.54) is 5.56 Å². The van der Waals surface area contributed by atoms with Crippen LogP contribution in [-0.2, 0) is 6.42 Å². The highest BCUT2D eigenvalue weighted by molar-refractivity contribution is 6.05. The molecule has 0 aliphatic heterocycles. The van der Waals surface area contributed by atoms with E-state index in [1.807, 2.05) is 48.5 Å². The molecule has 0 saturated carbocycles. The van der Waals surface area contributed by atoms with E-state index in [0.717, 1.165) is 17.5 Å². The van der Waals surface area contributed by atoms with Crippen molar-refractivity contribution in [1.82, 2.24) is 0 Å². The molecule has 3 aromatic rings. The van der Waals surface area contributed by atoms with Gasteiger partial charge in [-0.25, -0.2) is 0 Å². The van der Waals surface area contributed by atoms with Gasteiger partial charge in [0, 0.05) is 5.56 Å². The predicted molar refractivity (Wildman–Crippen MR) is 97.3 cm³/mol. The number of aromatic hydroxyl groups is 1. The van der Waals surface area contributed by atoms with Crippen molar-refractivity contribution in [2.45, 2.75) is 13.3 Å². The first-order valence-corrected chi connectivity index (χ1v) is 7.96. The smallest absolute Gasteiger partial charge is 0.255 e. The van der Waals surface area contributed by atoms with E-state index in [2.05, 4.69) is 12.2 Å². The Morgan fingerprint density at radius 2 is 1.62 bits per heavy atom. The van der Waals surface area contributed by atoms with Crippen LogP contribution >= 0.6 is 0 Å². The second-order valence-corrected chi connectivity index (χ2v) is 5.60. The molecular formula is C21H19NO2. The molecule has 0 fully saturated rings. The van der Waals surface area contributed by atoms with Crippen molar-refractivity contribution in [3.63, 3.8) is 0 Å². The lowest BCUT2D eigenvalue weighted by Crippen LogP contribution is -2.12. The summed E-state index contributed by atoms with van der Waals surface area (Å²) in [5, 5.41) is 12.8. The van der Waals surface area contributed by atoms with E-state index in [-0.39, 0.29) is 11.7 Å². The number of carbonyl (C=O) groups is 1. The molecule has 3 rings (SSSR count).